The molecule has 1 N–H and O–H groups in total. The van der Waals surface area contributed by atoms with Gasteiger partial charge in [0.25, 0.3) is 6.17 Å². The van der Waals surface area contributed by atoms with Crippen molar-refractivity contribution in [2.24, 2.45) is 0 Å². The maximum Gasteiger partial charge on any atom is 0.425 e. The average molecular weight is 365 g/mol. The Morgan fingerprint density at radius 1 is 1.04 bits per heavy atom. The van der Waals surface area contributed by atoms with E-state index in [1.807, 2.05) is 0 Å². The molecule has 0 bridgehead atoms. The zero-order valence-corrected chi connectivity index (χ0v) is 12.8. The van der Waals surface area contributed by atoms with Gasteiger partial charge in [0.1, 0.15) is 0 Å². The first-order valence-electron chi connectivity index (χ1n) is 7.07. The number of amides is 1. The highest BCUT2D eigenvalue weighted by molar-refractivity contribution is 6.00. The van der Waals surface area contributed by atoms with E-state index in [1.165, 1.54) is 6.07 Å². The van der Waals surface area contributed by atoms with E-state index in [1.54, 1.807) is 36.4 Å². The van der Waals surface area contributed by atoms with Crippen LogP contribution in [0.4, 0.5) is 36.8 Å². The Labute approximate surface area is 138 Å². The summed E-state index contributed by atoms with van der Waals surface area (Å²) in [5, 5.41) is 3.47. The first kappa shape index (κ1) is 18.9. The number of carbonyl (C=O) groups excluding carboxylic acids is 1. The number of halogens is 6. The van der Waals surface area contributed by atoms with Crippen LogP contribution < -0.4 is 5.32 Å². The minimum atomic E-state index is -5.77. The van der Waals surface area contributed by atoms with E-state index in [0.29, 0.717) is 12.3 Å². The molecular formula is C16H13F6NO2. The van der Waals surface area contributed by atoms with Gasteiger partial charge in [0.2, 0.25) is 0 Å². The van der Waals surface area contributed by atoms with Crippen LogP contribution in [0.25, 0.3) is 10.8 Å². The fourth-order valence-electron chi connectivity index (χ4n) is 2.14. The van der Waals surface area contributed by atoms with E-state index in [0.717, 1.165) is 5.39 Å². The van der Waals surface area contributed by atoms with Crippen LogP contribution in [0.3, 0.4) is 0 Å². The molecule has 0 aromatic heterocycles. The van der Waals surface area contributed by atoms with Gasteiger partial charge in [-0.2, -0.15) is 22.0 Å². The molecule has 25 heavy (non-hydrogen) atoms. The number of anilines is 1. The van der Waals surface area contributed by atoms with Crippen LogP contribution in [0.5, 0.6) is 0 Å². The van der Waals surface area contributed by atoms with Crippen molar-refractivity contribution in [1.82, 2.24) is 0 Å². The molecule has 0 unspecified atom stereocenters. The molecule has 0 radical (unpaired) electrons. The van der Waals surface area contributed by atoms with E-state index >= 15 is 0 Å². The van der Waals surface area contributed by atoms with E-state index < -0.39 is 30.5 Å². The number of alkyl halides is 6. The summed E-state index contributed by atoms with van der Waals surface area (Å²) in [6, 6.07) is 11.6. The monoisotopic (exact) mass is 365 g/mol. The summed E-state index contributed by atoms with van der Waals surface area (Å²) < 4.78 is 80.6. The molecule has 136 valence electrons. The highest BCUT2D eigenvalue weighted by atomic mass is 19.4. The Kier molecular flexibility index (Phi) is 5.15. The Bertz CT molecular complexity index is 756. The maximum atomic E-state index is 13.5. The number of ether oxygens (including phenoxy) is 1. The number of rotatable bonds is 4. The predicted molar refractivity (Wildman–Crippen MR) is 79.4 cm³/mol. The minimum absolute atomic E-state index is 0.214. The molecule has 9 heteroatoms. The van der Waals surface area contributed by atoms with Crippen LogP contribution in [0.2, 0.25) is 0 Å². The molecule has 2 atom stereocenters. The van der Waals surface area contributed by atoms with Gasteiger partial charge in [-0.15, -0.1) is 0 Å². The second-order valence-corrected chi connectivity index (χ2v) is 5.28. The highest BCUT2D eigenvalue weighted by Gasteiger charge is 2.60. The van der Waals surface area contributed by atoms with Crippen molar-refractivity contribution in [2.75, 3.05) is 5.32 Å². The molecule has 0 saturated heterocycles. The first-order valence-corrected chi connectivity index (χ1v) is 7.07. The SMILES string of the molecule is C[C@H](OC(=O)Nc1cccc2ccccc12)C(F)(F)[C@@H](F)C(F)(F)F. The first-order chi connectivity index (χ1) is 11.5. The molecular weight excluding hydrogens is 352 g/mol. The van der Waals surface area contributed by atoms with E-state index in [9.17, 15) is 31.1 Å². The Balaban J connectivity index is 2.11. The zero-order valence-electron chi connectivity index (χ0n) is 12.8. The van der Waals surface area contributed by atoms with Crippen LogP contribution in [-0.4, -0.2) is 30.5 Å². The second-order valence-electron chi connectivity index (χ2n) is 5.28. The third kappa shape index (κ3) is 4.15. The normalized spacial score (nSPS) is 14.8. The van der Waals surface area contributed by atoms with Crippen LogP contribution in [-0.2, 0) is 4.74 Å². The third-order valence-electron chi connectivity index (χ3n) is 3.48. The smallest absolute Gasteiger partial charge is 0.425 e. The van der Waals surface area contributed by atoms with Crippen LogP contribution in [0.15, 0.2) is 42.5 Å². The molecule has 0 heterocycles. The molecule has 0 spiro atoms. The number of carbonyl (C=O) groups is 1. The molecule has 2 rings (SSSR count). The summed E-state index contributed by atoms with van der Waals surface area (Å²) >= 11 is 0. The summed E-state index contributed by atoms with van der Waals surface area (Å²) in [5.74, 6) is -4.92. The number of benzene rings is 2. The molecule has 1 amide bonds. The van der Waals surface area contributed by atoms with Crippen molar-refractivity contribution in [2.45, 2.75) is 31.3 Å². The zero-order chi connectivity index (χ0) is 18.8. The average Bonchev–Trinajstić information content (AvgIpc) is 2.53. The Morgan fingerprint density at radius 3 is 2.28 bits per heavy atom. The number of fused-ring (bicyclic) bond motifs is 1. The van der Waals surface area contributed by atoms with Gasteiger partial charge in [0.15, 0.2) is 6.10 Å². The largest absolute Gasteiger partial charge is 0.440 e. The molecule has 2 aromatic rings. The third-order valence-corrected chi connectivity index (χ3v) is 3.48. The topological polar surface area (TPSA) is 38.3 Å². The highest BCUT2D eigenvalue weighted by Crippen LogP contribution is 2.38. The van der Waals surface area contributed by atoms with Crippen molar-refractivity contribution < 1.29 is 35.9 Å². The van der Waals surface area contributed by atoms with Crippen molar-refractivity contribution in [3.63, 3.8) is 0 Å². The summed E-state index contributed by atoms with van der Waals surface area (Å²) in [7, 11) is 0. The van der Waals surface area contributed by atoms with Gasteiger partial charge < -0.3 is 4.74 Å². The van der Waals surface area contributed by atoms with Crippen molar-refractivity contribution in [3.8, 4) is 0 Å². The maximum absolute atomic E-state index is 13.5. The predicted octanol–water partition coefficient (Wildman–Crippen LogP) is 5.31. The van der Waals surface area contributed by atoms with Gasteiger partial charge in [-0.1, -0.05) is 36.4 Å². The van der Waals surface area contributed by atoms with E-state index in [2.05, 4.69) is 10.1 Å². The quantitative estimate of drug-likeness (QED) is 0.746. The van der Waals surface area contributed by atoms with Gasteiger partial charge in [-0.3, -0.25) is 5.32 Å². The van der Waals surface area contributed by atoms with Crippen LogP contribution in [0.1, 0.15) is 6.92 Å². The minimum Gasteiger partial charge on any atom is -0.440 e. The molecule has 0 aliphatic carbocycles. The van der Waals surface area contributed by atoms with Gasteiger partial charge >= 0.3 is 18.2 Å². The molecule has 3 nitrogen and oxygen atoms in total. The van der Waals surface area contributed by atoms with Crippen LogP contribution in [0, 0.1) is 0 Å². The van der Waals surface area contributed by atoms with Crippen molar-refractivity contribution in [1.29, 1.82) is 0 Å². The van der Waals surface area contributed by atoms with Crippen molar-refractivity contribution >= 4 is 22.6 Å². The molecule has 2 aromatic carbocycles. The second kappa shape index (κ2) is 6.81. The lowest BCUT2D eigenvalue weighted by atomic mass is 10.1. The Morgan fingerprint density at radius 2 is 1.64 bits per heavy atom. The number of hydrogen-bond acceptors (Lipinski definition) is 2. The molecule has 0 aliphatic heterocycles. The van der Waals surface area contributed by atoms with E-state index in [4.69, 9.17) is 0 Å². The van der Waals surface area contributed by atoms with Gasteiger partial charge in [-0.05, 0) is 18.4 Å². The Hall–Kier alpha value is -2.45. The summed E-state index contributed by atoms with van der Waals surface area (Å²) in [5.41, 5.74) is 0.214. The summed E-state index contributed by atoms with van der Waals surface area (Å²) in [6.07, 6.45) is -14.3. The lowest BCUT2D eigenvalue weighted by Crippen LogP contribution is -2.50. The molecule has 0 fully saturated rings. The standard InChI is InChI=1S/C16H13F6NO2/c1-9(15(18,19)13(17)16(20,21)22)25-14(24)23-12-8-4-6-10-5-2-3-7-11(10)12/h2-9,13H,1H3,(H,23,24)/t9-,13+/m0/s1. The number of nitrogens with one attached hydrogen (secondary N) is 1. The van der Waals surface area contributed by atoms with Gasteiger partial charge in [-0.25, -0.2) is 9.18 Å². The van der Waals surface area contributed by atoms with Crippen LogP contribution >= 0.6 is 0 Å². The summed E-state index contributed by atoms with van der Waals surface area (Å²) in [4.78, 5) is 11.7. The van der Waals surface area contributed by atoms with Gasteiger partial charge in [0, 0.05) is 5.39 Å². The fraction of sp³-hybridized carbons (Fsp3) is 0.312. The summed E-state index contributed by atoms with van der Waals surface area (Å²) in [6.45, 7) is 0.487. The molecule has 0 aliphatic rings. The van der Waals surface area contributed by atoms with E-state index in [-0.39, 0.29) is 5.69 Å². The number of hydrogen-bond donors (Lipinski definition) is 1. The lowest BCUT2D eigenvalue weighted by molar-refractivity contribution is -0.264. The van der Waals surface area contributed by atoms with Gasteiger partial charge in [0.05, 0.1) is 5.69 Å². The lowest BCUT2D eigenvalue weighted by Gasteiger charge is -2.27. The fourth-order valence-corrected chi connectivity index (χ4v) is 2.14. The van der Waals surface area contributed by atoms with Crippen molar-refractivity contribution in [3.05, 3.63) is 42.5 Å². The molecule has 0 saturated carbocycles.